The Labute approximate surface area is 395 Å². The fraction of sp³-hybridized carbons (Fsp3) is 0.807. The van der Waals surface area contributed by atoms with Crippen LogP contribution in [-0.2, 0) is 4.79 Å². The summed E-state index contributed by atoms with van der Waals surface area (Å²) >= 11 is 0. The predicted molar refractivity (Wildman–Crippen MR) is 275 cm³/mol. The van der Waals surface area contributed by atoms with Crippen LogP contribution < -0.4 is 19.5 Å². The molecule has 0 aliphatic carbocycles. The van der Waals surface area contributed by atoms with Crippen LogP contribution in [0.25, 0.3) is 5.76 Å². The maximum Gasteiger partial charge on any atom is 0.203 e. The molecule has 1 aromatic carbocycles. The summed E-state index contributed by atoms with van der Waals surface area (Å²) in [5, 5.41) is 23.6. The van der Waals surface area contributed by atoms with E-state index >= 15 is 0 Å². The zero-order valence-corrected chi connectivity index (χ0v) is 42.5. The van der Waals surface area contributed by atoms with Crippen LogP contribution in [0.2, 0.25) is 0 Å². The molecule has 0 atom stereocenters. The van der Waals surface area contributed by atoms with E-state index in [1.807, 2.05) is 19.1 Å². The van der Waals surface area contributed by atoms with Crippen LogP contribution in [0.1, 0.15) is 271 Å². The quantitative estimate of drug-likeness (QED) is 0.0340. The van der Waals surface area contributed by atoms with Gasteiger partial charge in [-0.05, 0) is 44.7 Å². The largest absolute Gasteiger partial charge is 0.507 e. The Hall–Kier alpha value is -2.67. The number of ether oxygens (including phenoxy) is 3. The second-order valence-electron chi connectivity index (χ2n) is 18.8. The first-order valence-corrected chi connectivity index (χ1v) is 27.5. The van der Waals surface area contributed by atoms with E-state index in [-0.39, 0.29) is 18.1 Å². The van der Waals surface area contributed by atoms with Gasteiger partial charge in [0, 0.05) is 36.6 Å². The SMILES string of the molecule is CCCCCCCCCCCCCCOc1cc(/C(O)=C/C(=O)/C=C(\C)NCCCO)cc(OCCCCCCCCCCCCCC)c1OCCCCCCCCCCCCCC. The van der Waals surface area contributed by atoms with Crippen LogP contribution in [0.4, 0.5) is 0 Å². The lowest BCUT2D eigenvalue weighted by Gasteiger charge is -2.19. The maximum absolute atomic E-state index is 13.0. The van der Waals surface area contributed by atoms with E-state index in [0.717, 1.165) is 38.5 Å². The van der Waals surface area contributed by atoms with Crippen LogP contribution in [0.5, 0.6) is 17.2 Å². The van der Waals surface area contributed by atoms with E-state index in [0.29, 0.717) is 61.3 Å². The monoisotopic (exact) mass is 898 g/mol. The Kier molecular flexibility index (Phi) is 42.2. The van der Waals surface area contributed by atoms with Crippen LogP contribution >= 0.6 is 0 Å². The number of nitrogens with one attached hydrogen (secondary N) is 1. The van der Waals surface area contributed by atoms with Gasteiger partial charge >= 0.3 is 0 Å². The Morgan fingerprint density at radius 1 is 0.469 bits per heavy atom. The van der Waals surface area contributed by atoms with E-state index in [1.54, 1.807) is 0 Å². The number of carbonyl (C=O) groups is 1. The van der Waals surface area contributed by atoms with Crippen molar-refractivity contribution in [3.05, 3.63) is 35.5 Å². The van der Waals surface area contributed by atoms with Crippen molar-refractivity contribution in [2.75, 3.05) is 33.0 Å². The summed E-state index contributed by atoms with van der Waals surface area (Å²) in [6.07, 6.45) is 49.5. The van der Waals surface area contributed by atoms with Gasteiger partial charge in [0.05, 0.1) is 19.8 Å². The summed E-state index contributed by atoms with van der Waals surface area (Å²) in [6.45, 7) is 11.0. The molecule has 7 nitrogen and oxygen atoms in total. The van der Waals surface area contributed by atoms with Gasteiger partial charge < -0.3 is 29.7 Å². The second-order valence-corrected chi connectivity index (χ2v) is 18.8. The zero-order valence-electron chi connectivity index (χ0n) is 42.5. The highest BCUT2D eigenvalue weighted by Gasteiger charge is 2.18. The Morgan fingerprint density at radius 2 is 0.781 bits per heavy atom. The molecule has 1 rings (SSSR count). The van der Waals surface area contributed by atoms with Crippen molar-refractivity contribution in [2.45, 2.75) is 265 Å². The molecule has 0 spiro atoms. The smallest absolute Gasteiger partial charge is 0.203 e. The van der Waals surface area contributed by atoms with E-state index in [4.69, 9.17) is 19.3 Å². The molecule has 0 aromatic heterocycles. The first-order valence-electron chi connectivity index (χ1n) is 27.5. The molecule has 7 heteroatoms. The number of unbranched alkanes of at least 4 members (excludes halogenated alkanes) is 33. The van der Waals surface area contributed by atoms with E-state index in [2.05, 4.69) is 26.1 Å². The lowest BCUT2D eigenvalue weighted by Crippen LogP contribution is -2.14. The summed E-state index contributed by atoms with van der Waals surface area (Å²) in [7, 11) is 0. The van der Waals surface area contributed by atoms with Crippen molar-refractivity contribution < 1.29 is 29.2 Å². The molecule has 0 saturated heterocycles. The number of allylic oxidation sites excluding steroid dienone is 3. The van der Waals surface area contributed by atoms with Gasteiger partial charge in [0.15, 0.2) is 17.3 Å². The number of benzene rings is 1. The third kappa shape index (κ3) is 35.6. The number of hydrogen-bond acceptors (Lipinski definition) is 7. The zero-order chi connectivity index (χ0) is 46.4. The minimum atomic E-state index is -0.322. The van der Waals surface area contributed by atoms with Crippen molar-refractivity contribution in [1.82, 2.24) is 5.32 Å². The minimum absolute atomic E-state index is 0.0847. The predicted octanol–water partition coefficient (Wildman–Crippen LogP) is 17.3. The topological polar surface area (TPSA) is 97.3 Å². The second kappa shape index (κ2) is 45.5. The van der Waals surface area contributed by atoms with E-state index < -0.39 is 0 Å². The molecule has 1 aromatic rings. The molecule has 64 heavy (non-hydrogen) atoms. The molecular weight excluding hydrogens is 795 g/mol. The molecular formula is C57H103NO6. The van der Waals surface area contributed by atoms with Crippen molar-refractivity contribution in [2.24, 2.45) is 0 Å². The molecule has 3 N–H and O–H groups in total. The van der Waals surface area contributed by atoms with E-state index in [1.165, 1.54) is 205 Å². The van der Waals surface area contributed by atoms with Crippen LogP contribution in [-0.4, -0.2) is 49.0 Å². The number of hydrogen-bond donors (Lipinski definition) is 3. The lowest BCUT2D eigenvalue weighted by molar-refractivity contribution is -0.110. The molecule has 0 aliphatic heterocycles. The molecule has 0 amide bonds. The average molecular weight is 898 g/mol. The van der Waals surface area contributed by atoms with Crippen molar-refractivity contribution in [3.8, 4) is 17.2 Å². The third-order valence-electron chi connectivity index (χ3n) is 12.4. The lowest BCUT2D eigenvalue weighted by atomic mass is 10.1. The van der Waals surface area contributed by atoms with Gasteiger partial charge in [-0.1, -0.05) is 233 Å². The fourth-order valence-corrected chi connectivity index (χ4v) is 8.34. The summed E-state index contributed by atoms with van der Waals surface area (Å²) in [4.78, 5) is 13.0. The van der Waals surface area contributed by atoms with Crippen molar-refractivity contribution in [1.29, 1.82) is 0 Å². The molecule has 0 bridgehead atoms. The number of ketones is 1. The summed E-state index contributed by atoms with van der Waals surface area (Å²) in [6, 6.07) is 3.62. The van der Waals surface area contributed by atoms with Crippen LogP contribution in [0.15, 0.2) is 30.0 Å². The maximum atomic E-state index is 13.0. The van der Waals surface area contributed by atoms with Gasteiger partial charge in [-0.15, -0.1) is 0 Å². The number of carbonyl (C=O) groups excluding carboxylic acids is 1. The highest BCUT2D eigenvalue weighted by molar-refractivity contribution is 6.03. The molecule has 0 unspecified atom stereocenters. The number of aliphatic hydroxyl groups excluding tert-OH is 2. The number of aliphatic hydroxyl groups is 2. The summed E-state index contributed by atoms with van der Waals surface area (Å²) < 4.78 is 19.5. The molecule has 0 radical (unpaired) electrons. The molecule has 372 valence electrons. The average Bonchev–Trinajstić information content (AvgIpc) is 3.28. The van der Waals surface area contributed by atoms with Crippen molar-refractivity contribution >= 4 is 11.5 Å². The van der Waals surface area contributed by atoms with Crippen LogP contribution in [0.3, 0.4) is 0 Å². The third-order valence-corrected chi connectivity index (χ3v) is 12.4. The molecule has 0 fully saturated rings. The van der Waals surface area contributed by atoms with Crippen LogP contribution in [0, 0.1) is 0 Å². The first-order chi connectivity index (χ1) is 31.5. The first kappa shape index (κ1) is 59.3. The highest BCUT2D eigenvalue weighted by atomic mass is 16.5. The van der Waals surface area contributed by atoms with Gasteiger partial charge in [0.25, 0.3) is 0 Å². The summed E-state index contributed by atoms with van der Waals surface area (Å²) in [5.74, 6) is 1.27. The summed E-state index contributed by atoms with van der Waals surface area (Å²) in [5.41, 5.74) is 1.15. The molecule has 0 heterocycles. The van der Waals surface area contributed by atoms with Crippen molar-refractivity contribution in [3.63, 3.8) is 0 Å². The Morgan fingerprint density at radius 3 is 1.11 bits per heavy atom. The normalized spacial score (nSPS) is 12.0. The standard InChI is InChI=1S/C57H103NO6/c1-5-8-11-14-17-20-23-26-29-32-35-38-44-62-55-48-52(54(61)50-53(60)47-51(4)58-42-41-43-59)49-56(63-45-39-36-33-30-27-24-21-18-15-12-9-6-2)57(55)64-46-40-37-34-31-28-25-22-19-16-13-10-7-3/h47-50,58-59,61H,5-46H2,1-4H3/b51-47+,54-50-. The number of rotatable bonds is 49. The van der Waals surface area contributed by atoms with E-state index in [9.17, 15) is 9.90 Å². The van der Waals surface area contributed by atoms with Gasteiger partial charge in [0.1, 0.15) is 5.76 Å². The van der Waals surface area contributed by atoms with Gasteiger partial charge in [-0.3, -0.25) is 4.79 Å². The minimum Gasteiger partial charge on any atom is -0.507 e. The highest BCUT2D eigenvalue weighted by Crippen LogP contribution is 2.41. The fourth-order valence-electron chi connectivity index (χ4n) is 8.34. The Balaban J connectivity index is 2.98. The van der Waals surface area contributed by atoms with Gasteiger partial charge in [-0.25, -0.2) is 0 Å². The molecule has 0 saturated carbocycles. The Bertz CT molecular complexity index is 1210. The van der Waals surface area contributed by atoms with Gasteiger partial charge in [-0.2, -0.15) is 0 Å². The molecule has 0 aliphatic rings. The van der Waals surface area contributed by atoms with Gasteiger partial charge in [0.2, 0.25) is 5.75 Å².